The van der Waals surface area contributed by atoms with Crippen molar-refractivity contribution >= 4 is 71.5 Å². The number of pyridine rings is 1. The number of anilines is 7. The van der Waals surface area contributed by atoms with Crippen LogP contribution < -0.4 is 19.4 Å². The molecule has 0 saturated heterocycles. The molecule has 11 rings (SSSR count). The number of hydrogen-bond donors (Lipinski definition) is 0. The van der Waals surface area contributed by atoms with E-state index in [9.17, 15) is 0 Å². The molecule has 0 radical (unpaired) electrons. The van der Waals surface area contributed by atoms with E-state index < -0.39 is 0 Å². The predicted molar refractivity (Wildman–Crippen MR) is 243 cm³/mol. The Bertz CT molecular complexity index is 3050. The lowest BCUT2D eigenvalue weighted by molar-refractivity contribution is 0.483. The highest BCUT2D eigenvalue weighted by Crippen LogP contribution is 2.52. The van der Waals surface area contributed by atoms with Gasteiger partial charge in [-0.2, -0.15) is 0 Å². The Balaban J connectivity index is 0.982. The SMILES string of the molecule is CC(C)(C)c1ccnc(N2c3ccccc3-c3ccccc3-c3ccc(Oc4cccc(N5CN(c6cccc7c6sc6ccccc67)c6ccccc65)c4)cc32)c1. The first-order chi connectivity index (χ1) is 28.4. The first kappa shape index (κ1) is 34.4. The Hall–Kier alpha value is -6.89. The number of para-hydroxylation sites is 3. The van der Waals surface area contributed by atoms with Gasteiger partial charge in [-0.05, 0) is 88.8 Å². The van der Waals surface area contributed by atoms with Gasteiger partial charge < -0.3 is 14.5 Å². The number of ether oxygens (including phenoxy) is 1. The van der Waals surface area contributed by atoms with Gasteiger partial charge in [0.15, 0.2) is 0 Å². The molecule has 9 aromatic rings. The molecule has 280 valence electrons. The third-order valence-corrected chi connectivity index (χ3v) is 12.7. The molecule has 0 unspecified atom stereocenters. The molecule has 0 bridgehead atoms. The molecule has 0 saturated carbocycles. The summed E-state index contributed by atoms with van der Waals surface area (Å²) in [7, 11) is 0. The summed E-state index contributed by atoms with van der Waals surface area (Å²) in [6, 6.07) is 60.7. The second-order valence-corrected chi connectivity index (χ2v) is 17.1. The average Bonchev–Trinajstić information content (AvgIpc) is 3.80. The lowest BCUT2D eigenvalue weighted by Gasteiger charge is -2.28. The van der Waals surface area contributed by atoms with Crippen LogP contribution >= 0.6 is 11.3 Å². The molecule has 5 nitrogen and oxygen atoms in total. The summed E-state index contributed by atoms with van der Waals surface area (Å²) >= 11 is 1.87. The van der Waals surface area contributed by atoms with Crippen LogP contribution in [0, 0.1) is 0 Å². The summed E-state index contributed by atoms with van der Waals surface area (Å²) < 4.78 is 9.44. The van der Waals surface area contributed by atoms with Crippen LogP contribution in [0.4, 0.5) is 39.9 Å². The minimum atomic E-state index is -0.0380. The predicted octanol–water partition coefficient (Wildman–Crippen LogP) is 14.9. The van der Waals surface area contributed by atoms with Crippen LogP contribution in [-0.4, -0.2) is 11.7 Å². The number of thiophene rings is 1. The summed E-state index contributed by atoms with van der Waals surface area (Å²) in [6.45, 7) is 7.42. The molecular weight excluding hydrogens is 729 g/mol. The van der Waals surface area contributed by atoms with Gasteiger partial charge in [0.05, 0.1) is 33.1 Å². The Labute approximate surface area is 342 Å². The molecule has 0 N–H and O–H groups in total. The number of nitrogens with zero attached hydrogens (tertiary/aromatic N) is 4. The van der Waals surface area contributed by atoms with Crippen molar-refractivity contribution in [2.75, 3.05) is 21.4 Å². The lowest BCUT2D eigenvalue weighted by atomic mass is 9.87. The van der Waals surface area contributed by atoms with E-state index in [1.54, 1.807) is 0 Å². The molecule has 58 heavy (non-hydrogen) atoms. The fraction of sp³-hybridized carbons (Fsp3) is 0.0962. The van der Waals surface area contributed by atoms with Crippen LogP contribution in [0.1, 0.15) is 26.3 Å². The van der Waals surface area contributed by atoms with Gasteiger partial charge in [0, 0.05) is 50.6 Å². The summed E-state index contributed by atoms with van der Waals surface area (Å²) in [6.07, 6.45) is 1.93. The van der Waals surface area contributed by atoms with E-state index in [2.05, 4.69) is 199 Å². The first-order valence-corrected chi connectivity index (χ1v) is 20.6. The number of benzene rings is 7. The summed E-state index contributed by atoms with van der Waals surface area (Å²) in [4.78, 5) is 12.1. The van der Waals surface area contributed by atoms with Crippen molar-refractivity contribution in [3.05, 3.63) is 182 Å². The van der Waals surface area contributed by atoms with E-state index in [0.29, 0.717) is 6.67 Å². The van der Waals surface area contributed by atoms with Gasteiger partial charge >= 0.3 is 0 Å². The van der Waals surface area contributed by atoms with Crippen molar-refractivity contribution in [3.63, 3.8) is 0 Å². The zero-order valence-electron chi connectivity index (χ0n) is 32.6. The van der Waals surface area contributed by atoms with Gasteiger partial charge in [-0.1, -0.05) is 112 Å². The molecule has 0 amide bonds. The molecule has 0 aliphatic carbocycles. The van der Waals surface area contributed by atoms with Gasteiger partial charge in [0.2, 0.25) is 0 Å². The molecular formula is C52H40N4OS. The van der Waals surface area contributed by atoms with E-state index in [0.717, 1.165) is 45.5 Å². The number of hydrogen-bond acceptors (Lipinski definition) is 6. The average molecular weight is 769 g/mol. The molecule has 6 heteroatoms. The molecule has 2 aliphatic heterocycles. The first-order valence-electron chi connectivity index (χ1n) is 19.8. The quantitative estimate of drug-likeness (QED) is 0.174. The molecule has 2 aliphatic rings. The van der Waals surface area contributed by atoms with Crippen LogP contribution in [-0.2, 0) is 5.41 Å². The van der Waals surface area contributed by atoms with Crippen molar-refractivity contribution in [3.8, 4) is 33.8 Å². The van der Waals surface area contributed by atoms with Crippen molar-refractivity contribution in [1.82, 2.24) is 4.98 Å². The van der Waals surface area contributed by atoms with Gasteiger partial charge in [0.25, 0.3) is 0 Å². The summed E-state index contributed by atoms with van der Waals surface area (Å²) in [5, 5.41) is 2.61. The van der Waals surface area contributed by atoms with Crippen molar-refractivity contribution in [2.24, 2.45) is 0 Å². The van der Waals surface area contributed by atoms with E-state index in [1.165, 1.54) is 53.9 Å². The third-order valence-electron chi connectivity index (χ3n) is 11.5. The van der Waals surface area contributed by atoms with E-state index >= 15 is 0 Å². The standard InChI is InChI=1S/C52H40N4OS/c1-52(2,3)34-28-29-53-50(30-34)56-44-21-8-6-18-40(44)38-16-4-5-17-39(38)41-27-26-37(32-48(41)56)57-36-15-12-14-35(31-36)54-33-55(46-23-10-9-22-45(46)54)47-24-13-20-43-42-19-7-11-25-49(42)58-51(43)47/h4-32H,33H2,1-3H3. The second kappa shape index (κ2) is 13.4. The van der Waals surface area contributed by atoms with Crippen molar-refractivity contribution < 1.29 is 4.74 Å². The van der Waals surface area contributed by atoms with E-state index in [-0.39, 0.29) is 5.41 Å². The van der Waals surface area contributed by atoms with Crippen LogP contribution in [0.5, 0.6) is 11.5 Å². The molecule has 0 spiro atoms. The number of aromatic nitrogens is 1. The van der Waals surface area contributed by atoms with E-state index in [4.69, 9.17) is 9.72 Å². The fourth-order valence-electron chi connectivity index (χ4n) is 8.66. The lowest BCUT2D eigenvalue weighted by Crippen LogP contribution is -2.23. The molecule has 4 heterocycles. The van der Waals surface area contributed by atoms with Crippen LogP contribution in [0.3, 0.4) is 0 Å². The van der Waals surface area contributed by atoms with Crippen molar-refractivity contribution in [1.29, 1.82) is 0 Å². The molecule has 0 atom stereocenters. The Morgan fingerprint density at radius 1 is 0.517 bits per heavy atom. The fourth-order valence-corrected chi connectivity index (χ4v) is 9.88. The highest BCUT2D eigenvalue weighted by molar-refractivity contribution is 7.26. The molecule has 2 aromatic heterocycles. The Kier molecular flexibility index (Phi) is 7.92. The number of rotatable bonds is 5. The smallest absolute Gasteiger partial charge is 0.137 e. The van der Waals surface area contributed by atoms with Crippen molar-refractivity contribution in [2.45, 2.75) is 26.2 Å². The molecule has 7 aromatic carbocycles. The highest BCUT2D eigenvalue weighted by Gasteiger charge is 2.31. The largest absolute Gasteiger partial charge is 0.457 e. The van der Waals surface area contributed by atoms with Crippen LogP contribution in [0.25, 0.3) is 42.4 Å². The zero-order valence-corrected chi connectivity index (χ0v) is 33.4. The van der Waals surface area contributed by atoms with Gasteiger partial charge in [-0.25, -0.2) is 4.98 Å². The molecule has 0 fully saturated rings. The van der Waals surface area contributed by atoms with Gasteiger partial charge in [0.1, 0.15) is 24.0 Å². The van der Waals surface area contributed by atoms with Gasteiger partial charge in [-0.3, -0.25) is 4.90 Å². The minimum Gasteiger partial charge on any atom is -0.457 e. The second-order valence-electron chi connectivity index (χ2n) is 16.1. The maximum atomic E-state index is 6.83. The normalized spacial score (nSPS) is 13.3. The topological polar surface area (TPSA) is 31.8 Å². The maximum absolute atomic E-state index is 6.83. The monoisotopic (exact) mass is 768 g/mol. The Morgan fingerprint density at radius 2 is 1.16 bits per heavy atom. The van der Waals surface area contributed by atoms with E-state index in [1.807, 2.05) is 23.6 Å². The van der Waals surface area contributed by atoms with Crippen LogP contribution in [0.15, 0.2) is 176 Å². The summed E-state index contributed by atoms with van der Waals surface area (Å²) in [5.41, 5.74) is 12.6. The van der Waals surface area contributed by atoms with Gasteiger partial charge in [-0.15, -0.1) is 11.3 Å². The zero-order chi connectivity index (χ0) is 39.0. The third kappa shape index (κ3) is 5.63. The number of fused-ring (bicyclic) bond motifs is 9. The minimum absolute atomic E-state index is 0.0380. The Morgan fingerprint density at radius 3 is 1.97 bits per heavy atom. The highest BCUT2D eigenvalue weighted by atomic mass is 32.1. The summed E-state index contributed by atoms with van der Waals surface area (Å²) in [5.74, 6) is 2.40. The van der Waals surface area contributed by atoms with Crippen LogP contribution in [0.2, 0.25) is 0 Å². The maximum Gasteiger partial charge on any atom is 0.137 e.